The molecule has 0 radical (unpaired) electrons. The maximum absolute atomic E-state index is 13.8. The zero-order valence-corrected chi connectivity index (χ0v) is 20.2. The van der Waals surface area contributed by atoms with Crippen molar-refractivity contribution < 1.29 is 23.2 Å². The average Bonchev–Trinajstić information content (AvgIpc) is 2.86. The molecule has 0 bridgehead atoms. The van der Waals surface area contributed by atoms with Crippen LogP contribution in [0.15, 0.2) is 60.3 Å². The highest BCUT2D eigenvalue weighted by atomic mass is 19.2. The number of amides is 4. The van der Waals surface area contributed by atoms with Crippen molar-refractivity contribution in [2.45, 2.75) is 38.3 Å². The Morgan fingerprint density at radius 2 is 1.86 bits per heavy atom. The molecule has 0 aromatic heterocycles. The van der Waals surface area contributed by atoms with Gasteiger partial charge in [-0.3, -0.25) is 4.84 Å². The summed E-state index contributed by atoms with van der Waals surface area (Å²) in [6, 6.07) is 11.5. The Hall–Kier alpha value is -3.50. The topological polar surface area (TPSA) is 85.9 Å². The fourth-order valence-corrected chi connectivity index (χ4v) is 4.46. The zero-order valence-electron chi connectivity index (χ0n) is 20.2. The van der Waals surface area contributed by atoms with Gasteiger partial charge in [0.25, 0.3) is 0 Å². The average molecular weight is 500 g/mol. The Bertz CT molecular complexity index is 1090. The van der Waals surface area contributed by atoms with Crippen LogP contribution < -0.4 is 16.1 Å². The van der Waals surface area contributed by atoms with Gasteiger partial charge in [0, 0.05) is 37.1 Å². The van der Waals surface area contributed by atoms with Gasteiger partial charge in [-0.25, -0.2) is 28.7 Å². The van der Waals surface area contributed by atoms with E-state index in [1.165, 1.54) is 6.07 Å². The molecular formula is C26H31F2N5O3. The van der Waals surface area contributed by atoms with Gasteiger partial charge >= 0.3 is 12.1 Å². The maximum atomic E-state index is 13.8. The number of likely N-dealkylation sites (tertiary alicyclic amines) is 1. The summed E-state index contributed by atoms with van der Waals surface area (Å²) in [4.78, 5) is 33.8. The number of rotatable bonds is 8. The molecule has 4 amide bonds. The largest absolute Gasteiger partial charge is 0.382 e. The number of halogens is 2. The van der Waals surface area contributed by atoms with Crippen molar-refractivity contribution in [2.24, 2.45) is 0 Å². The standard InChI is InChI=1S/C26H31F2N5O3/c1-18-16-24(19-8-9-22(27)23(28)17-19)33(25(34)29-18)26(35)31-36-15-5-12-32-13-10-21(11-14-32)30-20-6-3-2-4-7-20/h2-4,6-9,16-17,21,24,30H,5,10-15H2,1H3,(H,29,34)(H,31,35). The second kappa shape index (κ2) is 12.0. The normalized spacial score (nSPS) is 19.0. The molecule has 1 saturated heterocycles. The van der Waals surface area contributed by atoms with Gasteiger partial charge in [0.15, 0.2) is 11.6 Å². The predicted molar refractivity (Wildman–Crippen MR) is 132 cm³/mol. The van der Waals surface area contributed by atoms with Crippen LogP contribution in [-0.2, 0) is 4.84 Å². The van der Waals surface area contributed by atoms with Crippen LogP contribution in [0, 0.1) is 11.6 Å². The number of nitrogens with zero attached hydrogens (tertiary/aromatic N) is 2. The second-order valence-corrected chi connectivity index (χ2v) is 9.00. The highest BCUT2D eigenvalue weighted by molar-refractivity contribution is 5.95. The molecule has 0 saturated carbocycles. The number of benzene rings is 2. The molecule has 10 heteroatoms. The third kappa shape index (κ3) is 6.58. The number of hydroxylamine groups is 1. The highest BCUT2D eigenvalue weighted by Gasteiger charge is 2.34. The van der Waals surface area contributed by atoms with Gasteiger partial charge in [-0.05, 0) is 62.1 Å². The lowest BCUT2D eigenvalue weighted by Crippen LogP contribution is -2.52. The van der Waals surface area contributed by atoms with Crippen LogP contribution in [0.5, 0.6) is 0 Å². The number of imide groups is 1. The van der Waals surface area contributed by atoms with E-state index >= 15 is 0 Å². The first-order chi connectivity index (χ1) is 17.4. The van der Waals surface area contributed by atoms with E-state index in [-0.39, 0.29) is 12.2 Å². The van der Waals surface area contributed by atoms with Crippen LogP contribution in [0.25, 0.3) is 0 Å². The summed E-state index contributed by atoms with van der Waals surface area (Å²) >= 11 is 0. The maximum Gasteiger partial charge on any atom is 0.350 e. The third-order valence-electron chi connectivity index (χ3n) is 6.33. The molecule has 8 nitrogen and oxygen atoms in total. The minimum absolute atomic E-state index is 0.267. The van der Waals surface area contributed by atoms with Gasteiger partial charge in [-0.15, -0.1) is 0 Å². The number of carbonyl (C=O) groups is 2. The Kier molecular flexibility index (Phi) is 8.50. The summed E-state index contributed by atoms with van der Waals surface area (Å²) < 4.78 is 27.1. The molecule has 1 unspecified atom stereocenters. The van der Waals surface area contributed by atoms with E-state index in [1.807, 2.05) is 18.2 Å². The Morgan fingerprint density at radius 3 is 2.58 bits per heavy atom. The number of nitrogens with one attached hydrogen (secondary N) is 3. The molecule has 36 heavy (non-hydrogen) atoms. The first-order valence-corrected chi connectivity index (χ1v) is 12.1. The minimum Gasteiger partial charge on any atom is -0.382 e. The van der Waals surface area contributed by atoms with Crippen LogP contribution in [-0.4, -0.2) is 54.1 Å². The Morgan fingerprint density at radius 1 is 1.11 bits per heavy atom. The lowest BCUT2D eigenvalue weighted by atomic mass is 10.0. The Labute approximate surface area is 209 Å². The van der Waals surface area contributed by atoms with Crippen molar-refractivity contribution in [3.05, 3.63) is 77.5 Å². The van der Waals surface area contributed by atoms with Crippen LogP contribution in [0.1, 0.15) is 37.8 Å². The molecule has 1 atom stereocenters. The van der Waals surface area contributed by atoms with E-state index in [2.05, 4.69) is 33.1 Å². The minimum atomic E-state index is -1.05. The summed E-state index contributed by atoms with van der Waals surface area (Å²) in [6.45, 7) is 4.71. The first kappa shape index (κ1) is 25.6. The van der Waals surface area contributed by atoms with E-state index in [9.17, 15) is 18.4 Å². The SMILES string of the molecule is CC1=CC(c2ccc(F)c(F)c2)N(C(=O)NOCCCN2CCC(Nc3ccccc3)CC2)C(=O)N1. The van der Waals surface area contributed by atoms with Crippen LogP contribution >= 0.6 is 0 Å². The first-order valence-electron chi connectivity index (χ1n) is 12.1. The van der Waals surface area contributed by atoms with E-state index in [4.69, 9.17) is 4.84 Å². The lowest BCUT2D eigenvalue weighted by molar-refractivity contribution is 0.0418. The molecule has 0 aliphatic carbocycles. The summed E-state index contributed by atoms with van der Waals surface area (Å²) in [6.07, 6.45) is 4.39. The van der Waals surface area contributed by atoms with Crippen molar-refractivity contribution >= 4 is 17.7 Å². The van der Waals surface area contributed by atoms with Crippen LogP contribution in [0.3, 0.4) is 0 Å². The van der Waals surface area contributed by atoms with Crippen molar-refractivity contribution in [1.29, 1.82) is 0 Å². The van der Waals surface area contributed by atoms with E-state index in [0.717, 1.165) is 55.2 Å². The smallest absolute Gasteiger partial charge is 0.350 e. The molecule has 4 rings (SSSR count). The summed E-state index contributed by atoms with van der Waals surface area (Å²) in [5.74, 6) is -2.06. The molecule has 3 N–H and O–H groups in total. The number of urea groups is 2. The molecule has 2 aromatic carbocycles. The van der Waals surface area contributed by atoms with Gasteiger partial charge in [-0.1, -0.05) is 24.3 Å². The zero-order chi connectivity index (χ0) is 25.5. The van der Waals surface area contributed by atoms with Gasteiger partial charge in [0.05, 0.1) is 12.6 Å². The van der Waals surface area contributed by atoms with Crippen molar-refractivity contribution in [3.8, 4) is 0 Å². The van der Waals surface area contributed by atoms with E-state index < -0.39 is 29.7 Å². The van der Waals surface area contributed by atoms with Gasteiger partial charge in [0.2, 0.25) is 0 Å². The van der Waals surface area contributed by atoms with E-state index in [1.54, 1.807) is 13.0 Å². The number of para-hydroxylation sites is 1. The fraction of sp³-hybridized carbons (Fsp3) is 0.385. The molecule has 1 fully saturated rings. The molecule has 2 aliphatic heterocycles. The summed E-state index contributed by atoms with van der Waals surface area (Å²) in [7, 11) is 0. The molecule has 192 valence electrons. The number of hydrogen-bond acceptors (Lipinski definition) is 5. The van der Waals surface area contributed by atoms with Crippen molar-refractivity contribution in [1.82, 2.24) is 20.6 Å². The second-order valence-electron chi connectivity index (χ2n) is 9.00. The summed E-state index contributed by atoms with van der Waals surface area (Å²) in [5, 5.41) is 6.12. The Balaban J connectivity index is 1.20. The van der Waals surface area contributed by atoms with Crippen molar-refractivity contribution in [2.75, 3.05) is 31.6 Å². The van der Waals surface area contributed by atoms with Crippen molar-refractivity contribution in [3.63, 3.8) is 0 Å². The van der Waals surface area contributed by atoms with Gasteiger partial charge in [-0.2, -0.15) is 0 Å². The van der Waals surface area contributed by atoms with Crippen LogP contribution in [0.2, 0.25) is 0 Å². The fourth-order valence-electron chi connectivity index (χ4n) is 4.46. The van der Waals surface area contributed by atoms with Gasteiger partial charge in [0.1, 0.15) is 0 Å². The van der Waals surface area contributed by atoms with E-state index in [0.29, 0.717) is 18.2 Å². The molecule has 2 aliphatic rings. The third-order valence-corrected chi connectivity index (χ3v) is 6.33. The molecule has 0 spiro atoms. The number of hydrogen-bond donors (Lipinski definition) is 3. The van der Waals surface area contributed by atoms with Crippen LogP contribution in [0.4, 0.5) is 24.1 Å². The molecular weight excluding hydrogens is 468 g/mol. The molecule has 2 aromatic rings. The monoisotopic (exact) mass is 499 g/mol. The number of piperidine rings is 1. The summed E-state index contributed by atoms with van der Waals surface area (Å²) in [5.41, 5.74) is 4.20. The number of anilines is 1. The van der Waals surface area contributed by atoms with Gasteiger partial charge < -0.3 is 15.5 Å². The number of carbonyl (C=O) groups excluding carboxylic acids is 2. The predicted octanol–water partition coefficient (Wildman–Crippen LogP) is 4.54. The quantitative estimate of drug-likeness (QED) is 0.367. The lowest BCUT2D eigenvalue weighted by Gasteiger charge is -2.33. The molecule has 2 heterocycles. The number of allylic oxidation sites excluding steroid dienone is 1. The highest BCUT2D eigenvalue weighted by Crippen LogP contribution is 2.28.